The molecule has 7 nitrogen and oxygen atoms in total. The van der Waals surface area contributed by atoms with E-state index in [1.165, 1.54) is 0 Å². The Morgan fingerprint density at radius 2 is 1.93 bits per heavy atom. The Labute approximate surface area is 167 Å². The van der Waals surface area contributed by atoms with Gasteiger partial charge in [0.15, 0.2) is 0 Å². The number of nitrogens with one attached hydrogen (secondary N) is 1. The third-order valence-corrected chi connectivity index (χ3v) is 5.19. The Balaban J connectivity index is 1.67. The molecule has 3 aromatic rings. The summed E-state index contributed by atoms with van der Waals surface area (Å²) in [7, 11) is 0. The summed E-state index contributed by atoms with van der Waals surface area (Å²) in [5.74, 6) is -0.575. The number of carbonyl (C=O) groups is 2. The monoisotopic (exact) mass is 391 g/mol. The number of carboxylic acid groups (broad SMARTS) is 1. The van der Waals surface area contributed by atoms with E-state index in [1.54, 1.807) is 47.0 Å². The number of hydrogen-bond acceptors (Lipinski definition) is 4. The van der Waals surface area contributed by atoms with E-state index in [2.05, 4.69) is 10.3 Å². The van der Waals surface area contributed by atoms with Gasteiger partial charge in [-0.25, -0.2) is 4.98 Å². The Bertz CT molecular complexity index is 1170. The Kier molecular flexibility index (Phi) is 5.12. The van der Waals surface area contributed by atoms with Gasteiger partial charge in [-0.05, 0) is 42.7 Å². The Hall–Kier alpha value is -3.48. The lowest BCUT2D eigenvalue weighted by atomic mass is 10.1. The molecule has 148 valence electrons. The summed E-state index contributed by atoms with van der Waals surface area (Å²) in [5, 5.41) is 12.3. The molecule has 0 radical (unpaired) electrons. The number of para-hydroxylation sites is 1. The molecule has 0 bridgehead atoms. The number of aliphatic carboxylic acids is 1. The van der Waals surface area contributed by atoms with Crippen LogP contribution in [0.3, 0.4) is 0 Å². The molecular formula is C22H21N3O4. The first-order valence-corrected chi connectivity index (χ1v) is 9.67. The van der Waals surface area contributed by atoms with E-state index in [9.17, 15) is 14.4 Å². The maximum Gasteiger partial charge on any atom is 0.307 e. The first kappa shape index (κ1) is 18.9. The van der Waals surface area contributed by atoms with Crippen LogP contribution in [0.4, 0.5) is 5.69 Å². The maximum absolute atomic E-state index is 12.8. The molecule has 1 aromatic heterocycles. The van der Waals surface area contributed by atoms with Crippen LogP contribution in [-0.4, -0.2) is 26.5 Å². The quantitative estimate of drug-likeness (QED) is 0.712. The zero-order chi connectivity index (χ0) is 20.4. The predicted molar refractivity (Wildman–Crippen MR) is 109 cm³/mol. The van der Waals surface area contributed by atoms with Crippen molar-refractivity contribution in [1.29, 1.82) is 0 Å². The van der Waals surface area contributed by atoms with Crippen molar-refractivity contribution in [2.75, 3.05) is 5.32 Å². The lowest BCUT2D eigenvalue weighted by Crippen LogP contribution is -2.24. The fourth-order valence-corrected chi connectivity index (χ4v) is 3.71. The van der Waals surface area contributed by atoms with Gasteiger partial charge >= 0.3 is 5.97 Å². The summed E-state index contributed by atoms with van der Waals surface area (Å²) in [6, 6.07) is 11.7. The number of hydrogen-bond donors (Lipinski definition) is 2. The molecule has 0 atom stereocenters. The highest BCUT2D eigenvalue weighted by molar-refractivity contribution is 6.06. The second-order valence-electron chi connectivity index (χ2n) is 7.21. The fourth-order valence-electron chi connectivity index (χ4n) is 3.71. The van der Waals surface area contributed by atoms with Crippen molar-refractivity contribution in [3.8, 4) is 0 Å². The van der Waals surface area contributed by atoms with E-state index in [4.69, 9.17) is 5.11 Å². The molecule has 0 fully saturated rings. The van der Waals surface area contributed by atoms with Gasteiger partial charge in [-0.1, -0.05) is 24.6 Å². The van der Waals surface area contributed by atoms with Gasteiger partial charge < -0.3 is 10.4 Å². The number of anilines is 1. The minimum absolute atomic E-state index is 0.0642. The van der Waals surface area contributed by atoms with Crippen LogP contribution in [0.1, 0.15) is 41.0 Å². The molecular weight excluding hydrogens is 370 g/mol. The van der Waals surface area contributed by atoms with Crippen molar-refractivity contribution in [3.63, 3.8) is 0 Å². The molecule has 1 aliphatic rings. The number of aromatic nitrogens is 2. The number of rotatable bonds is 4. The third kappa shape index (κ3) is 3.89. The van der Waals surface area contributed by atoms with E-state index in [-0.39, 0.29) is 17.9 Å². The molecule has 2 heterocycles. The van der Waals surface area contributed by atoms with Crippen molar-refractivity contribution in [2.24, 2.45) is 0 Å². The number of aryl methyl sites for hydroxylation is 1. The molecule has 0 unspecified atom stereocenters. The minimum atomic E-state index is -0.970. The van der Waals surface area contributed by atoms with Crippen molar-refractivity contribution in [1.82, 2.24) is 9.55 Å². The second kappa shape index (κ2) is 7.87. The van der Waals surface area contributed by atoms with Gasteiger partial charge in [-0.3, -0.25) is 19.0 Å². The van der Waals surface area contributed by atoms with Crippen molar-refractivity contribution in [3.05, 3.63) is 69.8 Å². The number of carboxylic acids is 1. The van der Waals surface area contributed by atoms with Crippen molar-refractivity contribution >= 4 is 28.5 Å². The molecule has 29 heavy (non-hydrogen) atoms. The molecule has 0 spiro atoms. The van der Waals surface area contributed by atoms with Gasteiger partial charge in [0.25, 0.3) is 11.5 Å². The van der Waals surface area contributed by atoms with Crippen LogP contribution in [0.15, 0.2) is 47.3 Å². The summed E-state index contributed by atoms with van der Waals surface area (Å²) in [5.41, 5.74) is 1.79. The topological polar surface area (TPSA) is 101 Å². The van der Waals surface area contributed by atoms with Crippen LogP contribution < -0.4 is 10.9 Å². The summed E-state index contributed by atoms with van der Waals surface area (Å²) in [6.07, 6.45) is 3.61. The number of amides is 1. The predicted octanol–water partition coefficient (Wildman–Crippen LogP) is 3.00. The zero-order valence-corrected chi connectivity index (χ0v) is 15.9. The fraction of sp³-hybridized carbons (Fsp3) is 0.273. The van der Waals surface area contributed by atoms with Crippen LogP contribution in [-0.2, 0) is 24.2 Å². The molecule has 2 N–H and O–H groups in total. The smallest absolute Gasteiger partial charge is 0.307 e. The molecule has 7 heteroatoms. The molecule has 0 saturated heterocycles. The number of carbonyl (C=O) groups excluding carboxylic acids is 1. The van der Waals surface area contributed by atoms with E-state index in [0.29, 0.717) is 34.3 Å². The molecule has 1 aliphatic heterocycles. The first-order valence-electron chi connectivity index (χ1n) is 9.67. The number of nitrogens with zero attached hydrogens (tertiary/aromatic N) is 2. The lowest BCUT2D eigenvalue weighted by molar-refractivity contribution is -0.136. The largest absolute Gasteiger partial charge is 0.481 e. The van der Waals surface area contributed by atoms with E-state index >= 15 is 0 Å². The van der Waals surface area contributed by atoms with E-state index in [1.807, 2.05) is 0 Å². The van der Waals surface area contributed by atoms with Crippen LogP contribution in [0.5, 0.6) is 0 Å². The molecule has 4 rings (SSSR count). The van der Waals surface area contributed by atoms with Gasteiger partial charge in [0.05, 0.1) is 17.3 Å². The van der Waals surface area contributed by atoms with Gasteiger partial charge in [-0.2, -0.15) is 0 Å². The average Bonchev–Trinajstić information content (AvgIpc) is 2.94. The maximum atomic E-state index is 12.8. The SMILES string of the molecule is O=C(O)Cc1ccccc1NC(=O)c1ccc2c(=O)n3c(nc2c1)CCCCC3. The van der Waals surface area contributed by atoms with Gasteiger partial charge in [-0.15, -0.1) is 0 Å². The highest BCUT2D eigenvalue weighted by Gasteiger charge is 2.16. The standard InChI is InChI=1S/C22H21N3O4/c26-20(27)13-14-6-3-4-7-17(14)24-21(28)15-9-10-16-18(12-15)23-19-8-2-1-5-11-25(19)22(16)29/h3-4,6-7,9-10,12H,1-2,5,8,11,13H2,(H,24,28)(H,26,27). The summed E-state index contributed by atoms with van der Waals surface area (Å²) < 4.78 is 1.75. The molecule has 0 aliphatic carbocycles. The van der Waals surface area contributed by atoms with Crippen molar-refractivity contribution < 1.29 is 14.7 Å². The van der Waals surface area contributed by atoms with Crippen LogP contribution in [0, 0.1) is 0 Å². The number of fused-ring (bicyclic) bond motifs is 2. The number of benzene rings is 2. The van der Waals surface area contributed by atoms with E-state index in [0.717, 1.165) is 31.5 Å². The lowest BCUT2D eigenvalue weighted by Gasteiger charge is -2.12. The normalized spacial score (nSPS) is 13.5. The third-order valence-electron chi connectivity index (χ3n) is 5.19. The van der Waals surface area contributed by atoms with Gasteiger partial charge in [0.2, 0.25) is 0 Å². The Morgan fingerprint density at radius 1 is 1.10 bits per heavy atom. The van der Waals surface area contributed by atoms with Gasteiger partial charge in [0.1, 0.15) is 5.82 Å². The van der Waals surface area contributed by atoms with Crippen LogP contribution in [0.2, 0.25) is 0 Å². The Morgan fingerprint density at radius 3 is 2.76 bits per heavy atom. The average molecular weight is 391 g/mol. The second-order valence-corrected chi connectivity index (χ2v) is 7.21. The zero-order valence-electron chi connectivity index (χ0n) is 15.9. The van der Waals surface area contributed by atoms with Gasteiger partial charge in [0, 0.05) is 24.2 Å². The summed E-state index contributed by atoms with van der Waals surface area (Å²) in [4.78, 5) is 41.3. The summed E-state index contributed by atoms with van der Waals surface area (Å²) in [6.45, 7) is 0.680. The summed E-state index contributed by atoms with van der Waals surface area (Å²) >= 11 is 0. The molecule has 1 amide bonds. The molecule has 2 aromatic carbocycles. The minimum Gasteiger partial charge on any atom is -0.481 e. The van der Waals surface area contributed by atoms with Crippen LogP contribution in [0.25, 0.3) is 10.9 Å². The first-order chi connectivity index (χ1) is 14.0. The van der Waals surface area contributed by atoms with Crippen LogP contribution >= 0.6 is 0 Å². The highest BCUT2D eigenvalue weighted by atomic mass is 16.4. The molecule has 0 saturated carbocycles. The van der Waals surface area contributed by atoms with Crippen molar-refractivity contribution in [2.45, 2.75) is 38.6 Å². The highest BCUT2D eigenvalue weighted by Crippen LogP contribution is 2.19. The van der Waals surface area contributed by atoms with E-state index < -0.39 is 5.97 Å².